The van der Waals surface area contributed by atoms with Gasteiger partial charge in [-0.15, -0.1) is 0 Å². The molecule has 1 aliphatic rings. The summed E-state index contributed by atoms with van der Waals surface area (Å²) in [5, 5.41) is 8.91. The van der Waals surface area contributed by atoms with Gasteiger partial charge in [0.2, 0.25) is 0 Å². The van der Waals surface area contributed by atoms with Gasteiger partial charge in [-0.1, -0.05) is 6.92 Å². The Kier molecular flexibility index (Phi) is 3.47. The zero-order valence-corrected chi connectivity index (χ0v) is 10.3. The Morgan fingerprint density at radius 2 is 2.35 bits per heavy atom. The third-order valence-electron chi connectivity index (χ3n) is 3.61. The molecule has 1 fully saturated rings. The molecule has 94 valence electrons. The van der Waals surface area contributed by atoms with Gasteiger partial charge in [0.05, 0.1) is 17.9 Å². The first-order chi connectivity index (χ1) is 8.11. The number of carboxylic acids is 1. The lowest BCUT2D eigenvalue weighted by molar-refractivity contribution is -0.145. The van der Waals surface area contributed by atoms with Crippen LogP contribution >= 0.6 is 0 Å². The lowest BCUT2D eigenvalue weighted by Gasteiger charge is -2.41. The fraction of sp³-hybridized carbons (Fsp3) is 0.667. The molecule has 1 aromatic rings. The van der Waals surface area contributed by atoms with Gasteiger partial charge in [0.1, 0.15) is 0 Å². The van der Waals surface area contributed by atoms with Gasteiger partial charge in [-0.25, -0.2) is 4.98 Å². The summed E-state index contributed by atoms with van der Waals surface area (Å²) < 4.78 is 2.12. The summed E-state index contributed by atoms with van der Waals surface area (Å²) in [6.07, 6.45) is 3.73. The van der Waals surface area contributed by atoms with Crippen molar-refractivity contribution in [2.75, 3.05) is 13.1 Å². The summed E-state index contributed by atoms with van der Waals surface area (Å²) in [5.41, 5.74) is 1.20. The van der Waals surface area contributed by atoms with Crippen LogP contribution in [0.5, 0.6) is 0 Å². The van der Waals surface area contributed by atoms with E-state index in [1.54, 1.807) is 6.92 Å². The maximum Gasteiger partial charge on any atom is 0.306 e. The number of aryl methyl sites for hydroxylation is 1. The monoisotopic (exact) mass is 237 g/mol. The molecule has 0 radical (unpaired) electrons. The standard InChI is InChI=1S/C12H19N3O2/c1-3-15-8-13-4-11(15)7-14-5-10(6-14)9(2)12(16)17/h4,8-10H,3,5-7H2,1-2H3,(H,16,17). The van der Waals surface area contributed by atoms with Crippen molar-refractivity contribution in [1.29, 1.82) is 0 Å². The van der Waals surface area contributed by atoms with E-state index in [0.29, 0.717) is 5.92 Å². The smallest absolute Gasteiger partial charge is 0.306 e. The van der Waals surface area contributed by atoms with Gasteiger partial charge in [0, 0.05) is 32.4 Å². The van der Waals surface area contributed by atoms with Crippen molar-refractivity contribution in [2.24, 2.45) is 11.8 Å². The Morgan fingerprint density at radius 3 is 2.94 bits per heavy atom. The lowest BCUT2D eigenvalue weighted by atomic mass is 9.87. The van der Waals surface area contributed by atoms with Crippen LogP contribution in [0, 0.1) is 11.8 Å². The van der Waals surface area contributed by atoms with E-state index >= 15 is 0 Å². The molecule has 1 aliphatic heterocycles. The molecule has 5 nitrogen and oxygen atoms in total. The highest BCUT2D eigenvalue weighted by Crippen LogP contribution is 2.25. The second-order valence-corrected chi connectivity index (χ2v) is 4.75. The number of nitrogens with zero attached hydrogens (tertiary/aromatic N) is 3. The van der Waals surface area contributed by atoms with Crippen molar-refractivity contribution < 1.29 is 9.90 Å². The third-order valence-corrected chi connectivity index (χ3v) is 3.61. The molecule has 0 saturated carbocycles. The van der Waals surface area contributed by atoms with Gasteiger partial charge < -0.3 is 9.67 Å². The number of hydrogen-bond acceptors (Lipinski definition) is 3. The van der Waals surface area contributed by atoms with Gasteiger partial charge in [-0.3, -0.25) is 9.69 Å². The van der Waals surface area contributed by atoms with Gasteiger partial charge in [-0.05, 0) is 12.8 Å². The molecule has 0 spiro atoms. The quantitative estimate of drug-likeness (QED) is 0.831. The van der Waals surface area contributed by atoms with E-state index in [2.05, 4.69) is 21.4 Å². The van der Waals surface area contributed by atoms with Crippen LogP contribution in [0.2, 0.25) is 0 Å². The van der Waals surface area contributed by atoms with Crippen molar-refractivity contribution in [3.8, 4) is 0 Å². The molecule has 1 unspecified atom stereocenters. The van der Waals surface area contributed by atoms with E-state index in [-0.39, 0.29) is 5.92 Å². The zero-order chi connectivity index (χ0) is 12.4. The summed E-state index contributed by atoms with van der Waals surface area (Å²) in [6, 6.07) is 0. The average Bonchev–Trinajstić information content (AvgIpc) is 2.68. The molecule has 0 amide bonds. The highest BCUT2D eigenvalue weighted by molar-refractivity contribution is 5.70. The van der Waals surface area contributed by atoms with Crippen LogP contribution in [-0.2, 0) is 17.9 Å². The third kappa shape index (κ3) is 2.49. The number of carboxylic acid groups (broad SMARTS) is 1. The Balaban J connectivity index is 1.83. The van der Waals surface area contributed by atoms with Crippen molar-refractivity contribution >= 4 is 5.97 Å². The highest BCUT2D eigenvalue weighted by Gasteiger charge is 2.34. The molecule has 1 N–H and O–H groups in total. The van der Waals surface area contributed by atoms with E-state index in [1.165, 1.54) is 5.69 Å². The van der Waals surface area contributed by atoms with E-state index in [4.69, 9.17) is 5.11 Å². The molecule has 0 aromatic carbocycles. The normalized spacial score (nSPS) is 18.9. The van der Waals surface area contributed by atoms with Crippen LogP contribution in [0.3, 0.4) is 0 Å². The first-order valence-corrected chi connectivity index (χ1v) is 6.06. The average molecular weight is 237 g/mol. The topological polar surface area (TPSA) is 58.4 Å². The summed E-state index contributed by atoms with van der Waals surface area (Å²) in [6.45, 7) is 7.44. The van der Waals surface area contributed by atoms with Crippen LogP contribution in [-0.4, -0.2) is 38.6 Å². The summed E-state index contributed by atoms with van der Waals surface area (Å²) in [4.78, 5) is 17.2. The molecule has 1 atom stereocenters. The molecule has 0 bridgehead atoms. The molecule has 1 aromatic heterocycles. The summed E-state index contributed by atoms with van der Waals surface area (Å²) >= 11 is 0. The minimum absolute atomic E-state index is 0.234. The number of rotatable bonds is 5. The SMILES string of the molecule is CCn1cncc1CN1CC(C(C)C(=O)O)C1. The minimum atomic E-state index is -0.687. The Morgan fingerprint density at radius 1 is 1.65 bits per heavy atom. The van der Waals surface area contributed by atoms with Gasteiger partial charge in [0.25, 0.3) is 0 Å². The van der Waals surface area contributed by atoms with Crippen LogP contribution in [0.1, 0.15) is 19.5 Å². The molecule has 5 heteroatoms. The Hall–Kier alpha value is -1.36. The van der Waals surface area contributed by atoms with Crippen LogP contribution in [0.25, 0.3) is 0 Å². The lowest BCUT2D eigenvalue weighted by Crippen LogP contribution is -2.50. The van der Waals surface area contributed by atoms with Crippen LogP contribution < -0.4 is 0 Å². The van der Waals surface area contributed by atoms with Gasteiger partial charge in [0.15, 0.2) is 0 Å². The Labute approximate surface area is 101 Å². The number of hydrogen-bond donors (Lipinski definition) is 1. The van der Waals surface area contributed by atoms with E-state index in [1.807, 2.05) is 12.5 Å². The summed E-state index contributed by atoms with van der Waals surface area (Å²) in [5.74, 6) is -0.624. The van der Waals surface area contributed by atoms with Gasteiger partial charge >= 0.3 is 5.97 Å². The van der Waals surface area contributed by atoms with Gasteiger partial charge in [-0.2, -0.15) is 0 Å². The number of aliphatic carboxylic acids is 1. The zero-order valence-electron chi connectivity index (χ0n) is 10.3. The fourth-order valence-corrected chi connectivity index (χ4v) is 2.25. The molecular formula is C12H19N3O2. The largest absolute Gasteiger partial charge is 0.481 e. The number of likely N-dealkylation sites (tertiary alicyclic amines) is 1. The second kappa shape index (κ2) is 4.87. The van der Waals surface area contributed by atoms with Crippen molar-refractivity contribution in [1.82, 2.24) is 14.5 Å². The molecule has 17 heavy (non-hydrogen) atoms. The van der Waals surface area contributed by atoms with E-state index < -0.39 is 5.97 Å². The Bertz CT molecular complexity index is 396. The predicted octanol–water partition coefficient (Wildman–Crippen LogP) is 1.06. The van der Waals surface area contributed by atoms with Crippen LogP contribution in [0.4, 0.5) is 0 Å². The molecular weight excluding hydrogens is 218 g/mol. The van der Waals surface area contributed by atoms with Crippen LogP contribution in [0.15, 0.2) is 12.5 Å². The molecule has 2 heterocycles. The number of carbonyl (C=O) groups is 1. The van der Waals surface area contributed by atoms with Crippen molar-refractivity contribution in [3.05, 3.63) is 18.2 Å². The van der Waals surface area contributed by atoms with Crippen molar-refractivity contribution in [2.45, 2.75) is 26.9 Å². The second-order valence-electron chi connectivity index (χ2n) is 4.75. The van der Waals surface area contributed by atoms with E-state index in [0.717, 1.165) is 26.2 Å². The highest BCUT2D eigenvalue weighted by atomic mass is 16.4. The molecule has 1 saturated heterocycles. The first kappa shape index (κ1) is 12.1. The van der Waals surface area contributed by atoms with E-state index in [9.17, 15) is 4.79 Å². The number of imidazole rings is 1. The molecule has 2 rings (SSSR count). The first-order valence-electron chi connectivity index (χ1n) is 6.06. The number of aromatic nitrogens is 2. The maximum atomic E-state index is 10.8. The molecule has 0 aliphatic carbocycles. The fourth-order valence-electron chi connectivity index (χ4n) is 2.25. The minimum Gasteiger partial charge on any atom is -0.481 e. The maximum absolute atomic E-state index is 10.8. The van der Waals surface area contributed by atoms with Crippen molar-refractivity contribution in [3.63, 3.8) is 0 Å². The summed E-state index contributed by atoms with van der Waals surface area (Å²) in [7, 11) is 0. The predicted molar refractivity (Wildman–Crippen MR) is 63.5 cm³/mol.